The van der Waals surface area contributed by atoms with Gasteiger partial charge in [-0.1, -0.05) is 54.5 Å². The Hall–Kier alpha value is -2.79. The zero-order chi connectivity index (χ0) is 19.6. The van der Waals surface area contributed by atoms with E-state index in [1.807, 2.05) is 25.5 Å². The van der Waals surface area contributed by atoms with E-state index >= 15 is 0 Å². The van der Waals surface area contributed by atoms with Gasteiger partial charge in [0.05, 0.1) is 19.4 Å². The van der Waals surface area contributed by atoms with Crippen LogP contribution in [-0.2, 0) is 13.1 Å². The molecule has 5 nitrogen and oxygen atoms in total. The van der Waals surface area contributed by atoms with Crippen molar-refractivity contribution in [1.82, 2.24) is 20.2 Å². The van der Waals surface area contributed by atoms with Crippen LogP contribution < -0.4 is 10.6 Å². The molecule has 6 heteroatoms. The summed E-state index contributed by atoms with van der Waals surface area (Å²) in [5, 5.41) is 6.33. The van der Waals surface area contributed by atoms with Gasteiger partial charge in [0, 0.05) is 25.5 Å². The second-order valence-corrected chi connectivity index (χ2v) is 6.34. The van der Waals surface area contributed by atoms with Crippen molar-refractivity contribution < 1.29 is 0 Å². The molecule has 0 bridgehead atoms. The molecule has 0 aliphatic heterocycles. The minimum atomic E-state index is 0. The summed E-state index contributed by atoms with van der Waals surface area (Å²) in [4.78, 5) is 8.75. The lowest BCUT2D eigenvalue weighted by molar-refractivity contribution is 0.797. The zero-order valence-electron chi connectivity index (χ0n) is 16.5. The highest BCUT2D eigenvalue weighted by Crippen LogP contribution is 2.25. The van der Waals surface area contributed by atoms with Crippen LogP contribution in [0.1, 0.15) is 18.1 Å². The summed E-state index contributed by atoms with van der Waals surface area (Å²) < 4.78 is 2.06. The van der Waals surface area contributed by atoms with Crippen LogP contribution in [0.5, 0.6) is 0 Å². The second-order valence-electron chi connectivity index (χ2n) is 6.34. The molecular weight excluding hydrogens is 473 g/mol. The van der Waals surface area contributed by atoms with Gasteiger partial charge in [-0.05, 0) is 29.2 Å². The quantitative estimate of drug-likeness (QED) is 0.225. The van der Waals surface area contributed by atoms with E-state index in [2.05, 4.69) is 73.6 Å². The number of guanidine groups is 1. The molecule has 3 rings (SSSR count). The summed E-state index contributed by atoms with van der Waals surface area (Å²) >= 11 is 0. The number of hydrogen-bond acceptors (Lipinski definition) is 2. The summed E-state index contributed by atoms with van der Waals surface area (Å²) in [6.07, 6.45) is 10.9. The molecule has 2 N–H and O–H groups in total. The number of aromatic nitrogens is 2. The number of aliphatic imine (C=N–C) groups is 1. The van der Waals surface area contributed by atoms with Gasteiger partial charge in [-0.25, -0.2) is 9.98 Å². The van der Waals surface area contributed by atoms with E-state index in [1.54, 1.807) is 6.20 Å². The average Bonchev–Trinajstić information content (AvgIpc) is 3.24. The number of nitrogens with one attached hydrogen (secondary N) is 2. The average molecular weight is 499 g/mol. The van der Waals surface area contributed by atoms with Crippen LogP contribution in [0.4, 0.5) is 0 Å². The maximum Gasteiger partial charge on any atom is 0.192 e. The number of halogens is 1. The third-order valence-electron chi connectivity index (χ3n) is 4.32. The monoisotopic (exact) mass is 499 g/mol. The lowest BCUT2D eigenvalue weighted by atomic mass is 9.98. The molecule has 2 aromatic carbocycles. The number of imidazole rings is 1. The molecule has 0 spiro atoms. The molecular formula is C23H26IN5. The molecule has 0 radical (unpaired) electrons. The Kier molecular flexibility index (Phi) is 9.25. The maximum absolute atomic E-state index is 5.33. The molecule has 1 aromatic heterocycles. The van der Waals surface area contributed by atoms with Gasteiger partial charge in [0.2, 0.25) is 0 Å². The van der Waals surface area contributed by atoms with Gasteiger partial charge in [0.15, 0.2) is 5.96 Å². The largest absolute Gasteiger partial charge is 0.357 e. The van der Waals surface area contributed by atoms with Crippen molar-refractivity contribution in [3.8, 4) is 23.5 Å². The van der Waals surface area contributed by atoms with Crippen LogP contribution >= 0.6 is 24.0 Å². The van der Waals surface area contributed by atoms with Crippen LogP contribution in [0.2, 0.25) is 0 Å². The van der Waals surface area contributed by atoms with Gasteiger partial charge in [0.25, 0.3) is 0 Å². The highest BCUT2D eigenvalue weighted by atomic mass is 127. The van der Waals surface area contributed by atoms with E-state index in [0.717, 1.165) is 19.0 Å². The molecule has 0 saturated heterocycles. The fourth-order valence-corrected chi connectivity index (χ4v) is 2.96. The lowest BCUT2D eigenvalue weighted by Gasteiger charge is -2.12. The Labute approximate surface area is 189 Å². The summed E-state index contributed by atoms with van der Waals surface area (Å²) in [6.45, 7) is 4.67. The Bertz CT molecular complexity index is 940. The van der Waals surface area contributed by atoms with Gasteiger partial charge in [-0.2, -0.15) is 0 Å². The summed E-state index contributed by atoms with van der Waals surface area (Å²) in [7, 11) is 0. The SMILES string of the molecule is C#CCNC(=NCc1ccccc1-c1ccc(Cn2ccnc2)cc1)NCC.I. The number of benzene rings is 2. The van der Waals surface area contributed by atoms with Crippen LogP contribution in [0.15, 0.2) is 72.2 Å². The van der Waals surface area contributed by atoms with E-state index in [0.29, 0.717) is 13.1 Å². The predicted octanol–water partition coefficient (Wildman–Crippen LogP) is 3.90. The third-order valence-corrected chi connectivity index (χ3v) is 4.32. The van der Waals surface area contributed by atoms with Gasteiger partial charge in [-0.15, -0.1) is 30.4 Å². The van der Waals surface area contributed by atoms with Crippen molar-refractivity contribution in [2.75, 3.05) is 13.1 Å². The molecule has 0 atom stereocenters. The minimum Gasteiger partial charge on any atom is -0.357 e. The number of nitrogens with zero attached hydrogens (tertiary/aromatic N) is 3. The molecule has 0 unspecified atom stereocenters. The van der Waals surface area contributed by atoms with E-state index in [4.69, 9.17) is 6.42 Å². The predicted molar refractivity (Wildman–Crippen MR) is 130 cm³/mol. The fraction of sp³-hybridized carbons (Fsp3) is 0.217. The molecule has 150 valence electrons. The fourth-order valence-electron chi connectivity index (χ4n) is 2.96. The van der Waals surface area contributed by atoms with Gasteiger partial charge >= 0.3 is 0 Å². The Morgan fingerprint density at radius 2 is 1.93 bits per heavy atom. The first-order valence-corrected chi connectivity index (χ1v) is 9.38. The van der Waals surface area contributed by atoms with Crippen molar-refractivity contribution in [1.29, 1.82) is 0 Å². The highest BCUT2D eigenvalue weighted by Gasteiger charge is 2.05. The van der Waals surface area contributed by atoms with Crippen molar-refractivity contribution in [3.05, 3.63) is 78.4 Å². The van der Waals surface area contributed by atoms with Crippen molar-refractivity contribution in [2.45, 2.75) is 20.0 Å². The summed E-state index contributed by atoms with van der Waals surface area (Å²) in [5.74, 6) is 3.30. The Morgan fingerprint density at radius 1 is 1.14 bits per heavy atom. The zero-order valence-corrected chi connectivity index (χ0v) is 18.8. The first kappa shape index (κ1) is 22.5. The van der Waals surface area contributed by atoms with Crippen LogP contribution in [0.25, 0.3) is 11.1 Å². The Balaban J connectivity index is 0.00000300. The first-order valence-electron chi connectivity index (χ1n) is 9.38. The first-order chi connectivity index (χ1) is 13.8. The lowest BCUT2D eigenvalue weighted by Crippen LogP contribution is -2.37. The van der Waals surface area contributed by atoms with Gasteiger partial charge in [0.1, 0.15) is 0 Å². The van der Waals surface area contributed by atoms with E-state index < -0.39 is 0 Å². The van der Waals surface area contributed by atoms with Crippen molar-refractivity contribution >= 4 is 29.9 Å². The van der Waals surface area contributed by atoms with Crippen molar-refractivity contribution in [2.24, 2.45) is 4.99 Å². The van der Waals surface area contributed by atoms with Crippen molar-refractivity contribution in [3.63, 3.8) is 0 Å². The summed E-state index contributed by atoms with van der Waals surface area (Å²) in [5.41, 5.74) is 4.78. The topological polar surface area (TPSA) is 54.2 Å². The molecule has 0 aliphatic rings. The van der Waals surface area contributed by atoms with E-state index in [9.17, 15) is 0 Å². The highest BCUT2D eigenvalue weighted by molar-refractivity contribution is 14.0. The van der Waals surface area contributed by atoms with Gasteiger partial charge in [-0.3, -0.25) is 0 Å². The molecule has 0 saturated carbocycles. The molecule has 1 heterocycles. The maximum atomic E-state index is 5.33. The smallest absolute Gasteiger partial charge is 0.192 e. The second kappa shape index (κ2) is 11.9. The van der Waals surface area contributed by atoms with Crippen LogP contribution in [0, 0.1) is 12.3 Å². The van der Waals surface area contributed by atoms with E-state index in [-0.39, 0.29) is 24.0 Å². The molecule has 0 aliphatic carbocycles. The number of rotatable bonds is 7. The normalized spacial score (nSPS) is 10.7. The number of hydrogen-bond donors (Lipinski definition) is 2. The van der Waals surface area contributed by atoms with Gasteiger partial charge < -0.3 is 15.2 Å². The minimum absolute atomic E-state index is 0. The standard InChI is InChI=1S/C23H25N5.HI/c1-3-13-26-23(25-4-2)27-16-21-7-5-6-8-22(21)20-11-9-19(10-12-20)17-28-15-14-24-18-28;/h1,5-12,14-15,18H,4,13,16-17H2,2H3,(H2,25,26,27);1H. The van der Waals surface area contributed by atoms with Crippen LogP contribution in [0.3, 0.4) is 0 Å². The molecule has 29 heavy (non-hydrogen) atoms. The summed E-state index contributed by atoms with van der Waals surface area (Å²) in [6, 6.07) is 17.0. The number of terminal acetylenes is 1. The Morgan fingerprint density at radius 3 is 2.62 bits per heavy atom. The molecule has 3 aromatic rings. The third kappa shape index (κ3) is 6.64. The molecule has 0 amide bonds. The van der Waals surface area contributed by atoms with E-state index in [1.165, 1.54) is 22.3 Å². The molecule has 0 fully saturated rings. The van der Waals surface area contributed by atoms with Crippen LogP contribution in [-0.4, -0.2) is 28.6 Å².